The predicted molar refractivity (Wildman–Crippen MR) is 134 cm³/mol. The number of aryl methyl sites for hydroxylation is 3. The lowest BCUT2D eigenvalue weighted by atomic mass is 9.79. The molecule has 0 saturated carbocycles. The van der Waals surface area contributed by atoms with E-state index in [9.17, 15) is 4.79 Å². The molecule has 0 aliphatic carbocycles. The summed E-state index contributed by atoms with van der Waals surface area (Å²) in [7, 11) is 0. The molecule has 32 heavy (non-hydrogen) atoms. The van der Waals surface area contributed by atoms with Gasteiger partial charge in [0.1, 0.15) is 0 Å². The molecule has 1 aliphatic heterocycles. The maximum absolute atomic E-state index is 12.2. The smallest absolute Gasteiger partial charge is 0.250 e. The Labute approximate surface area is 196 Å². The van der Waals surface area contributed by atoms with Crippen LogP contribution in [0.15, 0.2) is 28.5 Å². The van der Waals surface area contributed by atoms with Crippen molar-refractivity contribution in [3.05, 3.63) is 46.3 Å². The predicted octanol–water partition coefficient (Wildman–Crippen LogP) is 5.15. The van der Waals surface area contributed by atoms with Gasteiger partial charge >= 0.3 is 0 Å². The minimum atomic E-state index is -0.172. The number of hydrogen-bond donors (Lipinski definition) is 1. The first-order valence-corrected chi connectivity index (χ1v) is 12.3. The zero-order valence-corrected chi connectivity index (χ0v) is 21.1. The Bertz CT molecular complexity index is 997. The number of thioether (sulfide) groups is 1. The van der Waals surface area contributed by atoms with Crippen molar-refractivity contribution >= 4 is 29.6 Å². The number of hydrogen-bond acceptors (Lipinski definition) is 6. The number of anilines is 1. The van der Waals surface area contributed by atoms with Gasteiger partial charge in [-0.05, 0) is 88.3 Å². The molecular formula is C25H35N5OS. The van der Waals surface area contributed by atoms with E-state index in [0.717, 1.165) is 41.9 Å². The molecule has 6 nitrogen and oxygen atoms in total. The molecule has 1 atom stereocenters. The molecule has 2 heterocycles. The number of amides is 1. The molecular weight excluding hydrogens is 418 g/mol. The summed E-state index contributed by atoms with van der Waals surface area (Å²) < 4.78 is 0. The summed E-state index contributed by atoms with van der Waals surface area (Å²) >= 11 is 1.32. The van der Waals surface area contributed by atoms with E-state index in [0.29, 0.717) is 11.1 Å². The number of rotatable bonds is 7. The third-order valence-corrected chi connectivity index (χ3v) is 6.75. The fourth-order valence-corrected chi connectivity index (χ4v) is 5.27. The summed E-state index contributed by atoms with van der Waals surface area (Å²) in [6.45, 7) is 16.2. The maximum Gasteiger partial charge on any atom is 0.250 e. The van der Waals surface area contributed by atoms with Gasteiger partial charge in [0.05, 0.1) is 12.0 Å². The third-order valence-electron chi connectivity index (χ3n) is 5.91. The van der Waals surface area contributed by atoms with Crippen molar-refractivity contribution in [3.63, 3.8) is 0 Å². The van der Waals surface area contributed by atoms with Crippen LogP contribution in [0, 0.1) is 20.8 Å². The fourth-order valence-electron chi connectivity index (χ4n) is 4.53. The van der Waals surface area contributed by atoms with Crippen molar-refractivity contribution in [1.82, 2.24) is 15.4 Å². The highest BCUT2D eigenvalue weighted by molar-refractivity contribution is 7.99. The van der Waals surface area contributed by atoms with E-state index in [4.69, 9.17) is 0 Å². The van der Waals surface area contributed by atoms with E-state index >= 15 is 0 Å². The molecule has 7 heteroatoms. The van der Waals surface area contributed by atoms with Crippen LogP contribution in [-0.2, 0) is 4.79 Å². The molecule has 1 aromatic carbocycles. The summed E-state index contributed by atoms with van der Waals surface area (Å²) in [6.07, 6.45) is 3.99. The Kier molecular flexibility index (Phi) is 7.59. The summed E-state index contributed by atoms with van der Waals surface area (Å²) in [5.74, 6) is 0.528. The fraction of sp³-hybridized carbons (Fsp3) is 0.520. The van der Waals surface area contributed by atoms with Gasteiger partial charge in [-0.3, -0.25) is 4.79 Å². The highest BCUT2D eigenvalue weighted by Gasteiger charge is 2.36. The molecule has 1 N–H and O–H groups in total. The zero-order valence-electron chi connectivity index (χ0n) is 20.3. The minimum absolute atomic E-state index is 0.148. The van der Waals surface area contributed by atoms with Gasteiger partial charge in [-0.2, -0.15) is 5.10 Å². The van der Waals surface area contributed by atoms with Crippen LogP contribution < -0.4 is 10.3 Å². The molecule has 0 bridgehead atoms. The van der Waals surface area contributed by atoms with Gasteiger partial charge in [0.25, 0.3) is 5.91 Å². The molecule has 0 fully saturated rings. The Morgan fingerprint density at radius 1 is 1.25 bits per heavy atom. The quantitative estimate of drug-likeness (QED) is 0.272. The molecule has 0 saturated heterocycles. The number of carbonyl (C=O) groups excluding carboxylic acids is 1. The summed E-state index contributed by atoms with van der Waals surface area (Å²) in [4.78, 5) is 23.5. The molecule has 2 aromatic rings. The normalized spacial score (nSPS) is 17.5. The molecule has 1 unspecified atom stereocenters. The highest BCUT2D eigenvalue weighted by Crippen LogP contribution is 2.44. The van der Waals surface area contributed by atoms with Crippen LogP contribution in [0.4, 0.5) is 5.69 Å². The lowest BCUT2D eigenvalue weighted by Gasteiger charge is -2.48. The van der Waals surface area contributed by atoms with E-state index in [1.807, 2.05) is 19.9 Å². The third kappa shape index (κ3) is 5.68. The van der Waals surface area contributed by atoms with Gasteiger partial charge in [-0.1, -0.05) is 25.6 Å². The van der Waals surface area contributed by atoms with Crippen molar-refractivity contribution < 1.29 is 4.79 Å². The van der Waals surface area contributed by atoms with Crippen LogP contribution >= 0.6 is 11.8 Å². The van der Waals surface area contributed by atoms with Crippen molar-refractivity contribution in [2.75, 3.05) is 17.2 Å². The second-order valence-corrected chi connectivity index (χ2v) is 10.3. The zero-order chi connectivity index (χ0) is 23.5. The molecule has 1 amide bonds. The maximum atomic E-state index is 12.2. The number of fused-ring (bicyclic) bond motifs is 1. The Hall–Kier alpha value is -2.41. The van der Waals surface area contributed by atoms with Crippen LogP contribution in [-0.4, -0.2) is 39.9 Å². The summed E-state index contributed by atoms with van der Waals surface area (Å²) in [5.41, 5.74) is 9.47. The molecule has 3 rings (SSSR count). The SMILES string of the molecule is CCCN1c2cc(C)c(/C=N\NC(=O)CSc3nc(C)cc(C)n3)cc2C(C)CC1(C)C. The Morgan fingerprint density at radius 3 is 2.59 bits per heavy atom. The molecule has 0 radical (unpaired) electrons. The standard InChI is InChI=1S/C25H35N5OS/c1-8-9-30-22-10-16(2)20(12-21(22)17(3)13-25(30,6)7)14-26-29-23(31)15-32-24-27-18(4)11-19(5)28-24/h10-12,14,17H,8-9,13,15H2,1-7H3,(H,29,31)/b26-14-. The lowest BCUT2D eigenvalue weighted by Crippen LogP contribution is -2.48. The lowest BCUT2D eigenvalue weighted by molar-refractivity contribution is -0.118. The average Bonchev–Trinajstić information content (AvgIpc) is 2.69. The first-order valence-electron chi connectivity index (χ1n) is 11.3. The molecule has 172 valence electrons. The first-order chi connectivity index (χ1) is 15.1. The number of nitrogens with zero attached hydrogens (tertiary/aromatic N) is 4. The molecule has 1 aromatic heterocycles. The van der Waals surface area contributed by atoms with Crippen LogP contribution in [0.2, 0.25) is 0 Å². The van der Waals surface area contributed by atoms with Crippen molar-refractivity contribution in [2.24, 2.45) is 5.10 Å². The van der Waals surface area contributed by atoms with Crippen LogP contribution in [0.5, 0.6) is 0 Å². The van der Waals surface area contributed by atoms with E-state index in [1.165, 1.54) is 23.0 Å². The number of aromatic nitrogens is 2. The highest BCUT2D eigenvalue weighted by atomic mass is 32.2. The monoisotopic (exact) mass is 453 g/mol. The van der Waals surface area contributed by atoms with Crippen molar-refractivity contribution in [2.45, 2.75) is 77.9 Å². The van der Waals surface area contributed by atoms with Crippen LogP contribution in [0.1, 0.15) is 74.5 Å². The van der Waals surface area contributed by atoms with Crippen molar-refractivity contribution in [3.8, 4) is 0 Å². The second-order valence-electron chi connectivity index (χ2n) is 9.35. The minimum Gasteiger partial charge on any atom is -0.366 e. The molecule has 1 aliphatic rings. The van der Waals surface area contributed by atoms with Gasteiger partial charge in [0, 0.05) is 29.2 Å². The average molecular weight is 454 g/mol. The number of benzene rings is 1. The topological polar surface area (TPSA) is 70.5 Å². The first kappa shape index (κ1) is 24.2. The number of carbonyl (C=O) groups is 1. The van der Waals surface area contributed by atoms with E-state index in [-0.39, 0.29) is 17.2 Å². The van der Waals surface area contributed by atoms with Gasteiger partial charge in [-0.25, -0.2) is 15.4 Å². The van der Waals surface area contributed by atoms with Crippen LogP contribution in [0.3, 0.4) is 0 Å². The van der Waals surface area contributed by atoms with E-state index in [2.05, 4.69) is 72.1 Å². The summed E-state index contributed by atoms with van der Waals surface area (Å²) in [6, 6.07) is 6.43. The van der Waals surface area contributed by atoms with E-state index in [1.54, 1.807) is 6.21 Å². The van der Waals surface area contributed by atoms with Gasteiger partial charge < -0.3 is 4.90 Å². The summed E-state index contributed by atoms with van der Waals surface area (Å²) in [5, 5.41) is 4.83. The Balaban J connectivity index is 1.68. The molecule has 0 spiro atoms. The largest absolute Gasteiger partial charge is 0.366 e. The Morgan fingerprint density at radius 2 is 1.94 bits per heavy atom. The number of nitrogens with one attached hydrogen (secondary N) is 1. The van der Waals surface area contributed by atoms with E-state index < -0.39 is 0 Å². The van der Waals surface area contributed by atoms with Gasteiger partial charge in [0.2, 0.25) is 0 Å². The van der Waals surface area contributed by atoms with Gasteiger partial charge in [0.15, 0.2) is 5.16 Å². The number of hydrazone groups is 1. The van der Waals surface area contributed by atoms with Crippen molar-refractivity contribution in [1.29, 1.82) is 0 Å². The van der Waals surface area contributed by atoms with Gasteiger partial charge in [-0.15, -0.1) is 0 Å². The second kappa shape index (κ2) is 10.0. The van der Waals surface area contributed by atoms with Crippen LogP contribution in [0.25, 0.3) is 0 Å².